The highest BCUT2D eigenvalue weighted by atomic mass is 16.3. The summed E-state index contributed by atoms with van der Waals surface area (Å²) in [5.74, 6) is 0.920. The Hall–Kier alpha value is -2.04. The number of carbonyl (C=O) groups is 1. The molecular weight excluding hydrogens is 242 g/mol. The molecule has 1 atom stereocenters. The van der Waals surface area contributed by atoms with Crippen LogP contribution in [0.5, 0.6) is 0 Å². The van der Waals surface area contributed by atoms with E-state index in [0.717, 1.165) is 11.5 Å². The first-order valence-corrected chi connectivity index (χ1v) is 6.46. The third-order valence-corrected chi connectivity index (χ3v) is 2.95. The van der Waals surface area contributed by atoms with E-state index in [2.05, 4.69) is 10.4 Å². The van der Waals surface area contributed by atoms with E-state index in [-0.39, 0.29) is 11.9 Å². The van der Waals surface area contributed by atoms with Gasteiger partial charge < -0.3 is 9.73 Å². The number of hydrogen-bond acceptors (Lipinski definition) is 3. The van der Waals surface area contributed by atoms with Gasteiger partial charge in [-0.15, -0.1) is 0 Å². The van der Waals surface area contributed by atoms with Gasteiger partial charge in [0.15, 0.2) is 0 Å². The molecule has 0 aliphatic heterocycles. The SMILES string of the molecule is Cc1ccn(C(C)CC(=O)NCCc2ccco2)n1. The van der Waals surface area contributed by atoms with Gasteiger partial charge in [-0.05, 0) is 32.0 Å². The zero-order chi connectivity index (χ0) is 13.7. The van der Waals surface area contributed by atoms with Crippen molar-refractivity contribution in [3.63, 3.8) is 0 Å². The van der Waals surface area contributed by atoms with Crippen LogP contribution in [0.3, 0.4) is 0 Å². The summed E-state index contributed by atoms with van der Waals surface area (Å²) in [5.41, 5.74) is 0.963. The summed E-state index contributed by atoms with van der Waals surface area (Å²) in [6.45, 7) is 4.52. The van der Waals surface area contributed by atoms with Crippen molar-refractivity contribution in [3.8, 4) is 0 Å². The van der Waals surface area contributed by atoms with Crippen molar-refractivity contribution in [2.24, 2.45) is 0 Å². The molecule has 0 spiro atoms. The van der Waals surface area contributed by atoms with Gasteiger partial charge in [-0.2, -0.15) is 5.10 Å². The van der Waals surface area contributed by atoms with E-state index in [1.54, 1.807) is 6.26 Å². The van der Waals surface area contributed by atoms with Crippen molar-refractivity contribution in [1.29, 1.82) is 0 Å². The summed E-state index contributed by atoms with van der Waals surface area (Å²) in [5, 5.41) is 7.19. The van der Waals surface area contributed by atoms with E-state index < -0.39 is 0 Å². The monoisotopic (exact) mass is 261 g/mol. The molecule has 0 saturated carbocycles. The van der Waals surface area contributed by atoms with E-state index in [1.165, 1.54) is 0 Å². The zero-order valence-electron chi connectivity index (χ0n) is 11.3. The van der Waals surface area contributed by atoms with Crippen molar-refractivity contribution in [1.82, 2.24) is 15.1 Å². The lowest BCUT2D eigenvalue weighted by Gasteiger charge is -2.12. The standard InChI is InChI=1S/C14H19N3O2/c1-11-6-8-17(16-11)12(2)10-14(18)15-7-5-13-4-3-9-19-13/h3-4,6,8-9,12H,5,7,10H2,1-2H3,(H,15,18). The molecule has 19 heavy (non-hydrogen) atoms. The van der Waals surface area contributed by atoms with Gasteiger partial charge in [0.05, 0.1) is 18.0 Å². The summed E-state index contributed by atoms with van der Waals surface area (Å²) >= 11 is 0. The Labute approximate surface area is 112 Å². The Balaban J connectivity index is 1.72. The minimum Gasteiger partial charge on any atom is -0.469 e. The van der Waals surface area contributed by atoms with Crippen LogP contribution in [0.1, 0.15) is 30.8 Å². The van der Waals surface area contributed by atoms with Gasteiger partial charge >= 0.3 is 0 Å². The van der Waals surface area contributed by atoms with Gasteiger partial charge in [-0.3, -0.25) is 9.48 Å². The van der Waals surface area contributed by atoms with Gasteiger partial charge in [0, 0.05) is 25.6 Å². The topological polar surface area (TPSA) is 60.1 Å². The molecule has 0 aliphatic rings. The number of hydrogen-bond donors (Lipinski definition) is 1. The molecule has 1 amide bonds. The molecule has 2 aromatic heterocycles. The van der Waals surface area contributed by atoms with Crippen LogP contribution in [0.25, 0.3) is 0 Å². The first-order valence-electron chi connectivity index (χ1n) is 6.46. The van der Waals surface area contributed by atoms with Gasteiger partial charge in [0.25, 0.3) is 0 Å². The number of furan rings is 1. The molecule has 5 nitrogen and oxygen atoms in total. The van der Waals surface area contributed by atoms with Gasteiger partial charge in [0.1, 0.15) is 5.76 Å². The molecule has 0 aliphatic carbocycles. The van der Waals surface area contributed by atoms with Crippen LogP contribution in [-0.4, -0.2) is 22.2 Å². The molecular formula is C14H19N3O2. The maximum absolute atomic E-state index is 11.8. The predicted molar refractivity (Wildman–Crippen MR) is 71.7 cm³/mol. The average Bonchev–Trinajstić information content (AvgIpc) is 3.00. The normalized spacial score (nSPS) is 12.3. The highest BCUT2D eigenvalue weighted by Crippen LogP contribution is 2.09. The Bertz CT molecular complexity index is 517. The summed E-state index contributed by atoms with van der Waals surface area (Å²) in [6, 6.07) is 5.75. The Morgan fingerprint density at radius 2 is 2.37 bits per heavy atom. The van der Waals surface area contributed by atoms with E-state index in [1.807, 2.05) is 42.9 Å². The molecule has 0 fully saturated rings. The summed E-state index contributed by atoms with van der Waals surface area (Å²) in [6.07, 6.45) is 4.68. The molecule has 0 aromatic carbocycles. The quantitative estimate of drug-likeness (QED) is 0.866. The molecule has 0 saturated heterocycles. The molecule has 1 N–H and O–H groups in total. The fourth-order valence-electron chi connectivity index (χ4n) is 1.89. The number of carbonyl (C=O) groups excluding carboxylic acids is 1. The Morgan fingerprint density at radius 1 is 1.53 bits per heavy atom. The van der Waals surface area contributed by atoms with E-state index >= 15 is 0 Å². The largest absolute Gasteiger partial charge is 0.469 e. The molecule has 5 heteroatoms. The molecule has 0 bridgehead atoms. The fraction of sp³-hybridized carbons (Fsp3) is 0.429. The smallest absolute Gasteiger partial charge is 0.222 e. The molecule has 2 rings (SSSR count). The van der Waals surface area contributed by atoms with Crippen molar-refractivity contribution in [2.45, 2.75) is 32.7 Å². The molecule has 0 radical (unpaired) electrons. The van der Waals surface area contributed by atoms with E-state index in [4.69, 9.17) is 4.42 Å². The minimum atomic E-state index is 0.0345. The number of aromatic nitrogens is 2. The summed E-state index contributed by atoms with van der Waals surface area (Å²) < 4.78 is 7.02. The second kappa shape index (κ2) is 6.22. The van der Waals surface area contributed by atoms with Crippen molar-refractivity contribution < 1.29 is 9.21 Å². The van der Waals surface area contributed by atoms with Crippen LogP contribution in [0.4, 0.5) is 0 Å². The molecule has 2 aromatic rings. The highest BCUT2D eigenvalue weighted by molar-refractivity contribution is 5.76. The lowest BCUT2D eigenvalue weighted by atomic mass is 10.2. The third kappa shape index (κ3) is 3.98. The summed E-state index contributed by atoms with van der Waals surface area (Å²) in [4.78, 5) is 11.8. The van der Waals surface area contributed by atoms with Gasteiger partial charge in [-0.1, -0.05) is 0 Å². The van der Waals surface area contributed by atoms with Gasteiger partial charge in [0.2, 0.25) is 5.91 Å². The molecule has 102 valence electrons. The Kier molecular flexibility index (Phi) is 4.39. The number of nitrogens with one attached hydrogen (secondary N) is 1. The number of rotatable bonds is 6. The van der Waals surface area contributed by atoms with Crippen LogP contribution >= 0.6 is 0 Å². The second-order valence-corrected chi connectivity index (χ2v) is 4.67. The van der Waals surface area contributed by atoms with Crippen LogP contribution in [0.2, 0.25) is 0 Å². The van der Waals surface area contributed by atoms with E-state index in [9.17, 15) is 4.79 Å². The zero-order valence-corrected chi connectivity index (χ0v) is 11.3. The van der Waals surface area contributed by atoms with Crippen LogP contribution in [0.15, 0.2) is 35.1 Å². The van der Waals surface area contributed by atoms with E-state index in [0.29, 0.717) is 19.4 Å². The first-order chi connectivity index (χ1) is 9.15. The number of aryl methyl sites for hydroxylation is 1. The summed E-state index contributed by atoms with van der Waals surface area (Å²) in [7, 11) is 0. The van der Waals surface area contributed by atoms with Crippen LogP contribution < -0.4 is 5.32 Å². The maximum Gasteiger partial charge on any atom is 0.222 e. The Morgan fingerprint density at radius 3 is 3.00 bits per heavy atom. The lowest BCUT2D eigenvalue weighted by Crippen LogP contribution is -2.27. The molecule has 2 heterocycles. The third-order valence-electron chi connectivity index (χ3n) is 2.95. The second-order valence-electron chi connectivity index (χ2n) is 4.67. The van der Waals surface area contributed by atoms with Crippen molar-refractivity contribution >= 4 is 5.91 Å². The average molecular weight is 261 g/mol. The first kappa shape index (κ1) is 13.4. The maximum atomic E-state index is 11.8. The van der Waals surface area contributed by atoms with Gasteiger partial charge in [-0.25, -0.2) is 0 Å². The fourth-order valence-corrected chi connectivity index (χ4v) is 1.89. The van der Waals surface area contributed by atoms with Crippen LogP contribution in [0, 0.1) is 6.92 Å². The van der Waals surface area contributed by atoms with Crippen molar-refractivity contribution in [3.05, 3.63) is 42.1 Å². The minimum absolute atomic E-state index is 0.0345. The number of amides is 1. The highest BCUT2D eigenvalue weighted by Gasteiger charge is 2.11. The van der Waals surface area contributed by atoms with Crippen molar-refractivity contribution in [2.75, 3.05) is 6.54 Å². The van der Waals surface area contributed by atoms with Crippen LogP contribution in [-0.2, 0) is 11.2 Å². The number of nitrogens with zero attached hydrogens (tertiary/aromatic N) is 2. The molecule has 1 unspecified atom stereocenters. The lowest BCUT2D eigenvalue weighted by molar-refractivity contribution is -0.121. The predicted octanol–water partition coefficient (Wildman–Crippen LogP) is 2.09.